The van der Waals surface area contributed by atoms with Gasteiger partial charge in [0, 0.05) is 5.56 Å². The van der Waals surface area contributed by atoms with Gasteiger partial charge in [-0.25, -0.2) is 0 Å². The van der Waals surface area contributed by atoms with Crippen LogP contribution in [0.1, 0.15) is 5.56 Å². The molecule has 1 aromatic rings. The van der Waals surface area contributed by atoms with E-state index in [1.54, 1.807) is 5.98 Å². The van der Waals surface area contributed by atoms with E-state index in [-0.39, 0.29) is 0 Å². The van der Waals surface area contributed by atoms with Gasteiger partial charge in [-0.1, -0.05) is 30.3 Å². The molecule has 2 nitrogen and oxygen atoms in total. The number of hydrogen-bond acceptors (Lipinski definition) is 2. The zero-order chi connectivity index (χ0) is 7.52. The minimum atomic E-state index is 0.748. The molecule has 0 N–H and O–H groups in total. The van der Waals surface area contributed by atoms with E-state index in [9.17, 15) is 0 Å². The summed E-state index contributed by atoms with van der Waals surface area (Å²) in [5.74, 6) is 2.55. The van der Waals surface area contributed by atoms with Gasteiger partial charge in [-0.15, -0.1) is 0 Å². The van der Waals surface area contributed by atoms with Gasteiger partial charge in [0.25, 0.3) is 0 Å². The maximum atomic E-state index is 4.93. The Kier molecular flexibility index (Phi) is 1.65. The van der Waals surface area contributed by atoms with E-state index >= 15 is 0 Å². The molecule has 0 saturated heterocycles. The van der Waals surface area contributed by atoms with Crippen molar-refractivity contribution in [3.8, 4) is 5.75 Å². The smallest absolute Gasteiger partial charge is 0.353 e. The van der Waals surface area contributed by atoms with Crippen molar-refractivity contribution >= 4 is 13.6 Å². The molecule has 1 radical (unpaired) electrons. The van der Waals surface area contributed by atoms with Crippen LogP contribution >= 0.6 is 0 Å². The van der Waals surface area contributed by atoms with Crippen molar-refractivity contribution in [1.29, 1.82) is 0 Å². The third kappa shape index (κ3) is 1.28. The number of fused-ring (bicyclic) bond motifs is 1. The van der Waals surface area contributed by atoms with Crippen LogP contribution in [0.15, 0.2) is 30.2 Å². The Morgan fingerprint density at radius 2 is 2.09 bits per heavy atom. The van der Waals surface area contributed by atoms with E-state index in [2.05, 4.69) is 0 Å². The first-order valence-corrected chi connectivity index (χ1v) is 3.39. The predicted octanol–water partition coefficient (Wildman–Crippen LogP) is 1.60. The van der Waals surface area contributed by atoms with Gasteiger partial charge in [-0.05, 0) is 6.07 Å². The monoisotopic (exact) mass is 145 g/mol. The lowest BCUT2D eigenvalue weighted by molar-refractivity contribution is -0.0969. The summed E-state index contributed by atoms with van der Waals surface area (Å²) >= 11 is 0. The van der Waals surface area contributed by atoms with Crippen molar-refractivity contribution < 1.29 is 9.69 Å². The summed E-state index contributed by atoms with van der Waals surface area (Å²) < 4.78 is 0. The standard InChI is InChI=1S/C8H6BO2/c1-2-4-8-7(3-1)5-6-9-11-10-8/h1-6H. The van der Waals surface area contributed by atoms with Crippen LogP contribution in [0.4, 0.5) is 0 Å². The molecule has 1 aliphatic heterocycles. The normalized spacial score (nSPS) is 14.2. The molecule has 0 saturated carbocycles. The second-order valence-electron chi connectivity index (χ2n) is 2.21. The van der Waals surface area contributed by atoms with Crippen LogP contribution in [0.25, 0.3) is 6.08 Å². The summed E-state index contributed by atoms with van der Waals surface area (Å²) in [6, 6.07) is 7.69. The van der Waals surface area contributed by atoms with Crippen LogP contribution in [0.3, 0.4) is 0 Å². The quantitative estimate of drug-likeness (QED) is 0.407. The fourth-order valence-electron chi connectivity index (χ4n) is 0.949. The maximum absolute atomic E-state index is 4.93. The van der Waals surface area contributed by atoms with Gasteiger partial charge in [0.05, 0.1) is 0 Å². The third-order valence-corrected chi connectivity index (χ3v) is 1.47. The Hall–Kier alpha value is -1.22. The summed E-state index contributed by atoms with van der Waals surface area (Å²) in [4.78, 5) is 9.64. The van der Waals surface area contributed by atoms with E-state index in [0.717, 1.165) is 11.3 Å². The molecule has 0 atom stereocenters. The highest BCUT2D eigenvalue weighted by molar-refractivity contribution is 6.35. The molecular formula is C8H6BO2. The maximum Gasteiger partial charge on any atom is 0.391 e. The molecule has 1 heterocycles. The van der Waals surface area contributed by atoms with Crippen LogP contribution in [-0.2, 0) is 4.81 Å². The highest BCUT2D eigenvalue weighted by Gasteiger charge is 2.03. The average molecular weight is 145 g/mol. The molecule has 0 unspecified atom stereocenters. The SMILES string of the molecule is [B]1C=Cc2ccccc2OO1. The topological polar surface area (TPSA) is 18.5 Å². The number of hydrogen-bond donors (Lipinski definition) is 0. The summed E-state index contributed by atoms with van der Waals surface area (Å²) in [6.07, 6.45) is 1.93. The molecule has 0 amide bonds. The summed E-state index contributed by atoms with van der Waals surface area (Å²) in [7, 11) is 1.50. The minimum Gasteiger partial charge on any atom is -0.353 e. The third-order valence-electron chi connectivity index (χ3n) is 1.47. The lowest BCUT2D eigenvalue weighted by Gasteiger charge is -2.02. The molecule has 1 aliphatic rings. The summed E-state index contributed by atoms with van der Waals surface area (Å²) in [6.45, 7) is 0. The van der Waals surface area contributed by atoms with Gasteiger partial charge in [-0.2, -0.15) is 0 Å². The second-order valence-corrected chi connectivity index (χ2v) is 2.21. The fourth-order valence-corrected chi connectivity index (χ4v) is 0.949. The summed E-state index contributed by atoms with van der Waals surface area (Å²) in [5.41, 5.74) is 1.03. The molecule has 0 spiro atoms. The lowest BCUT2D eigenvalue weighted by atomic mass is 10.0. The lowest BCUT2D eigenvalue weighted by Crippen LogP contribution is -1.98. The van der Waals surface area contributed by atoms with Gasteiger partial charge in [0.15, 0.2) is 5.75 Å². The van der Waals surface area contributed by atoms with E-state index in [1.807, 2.05) is 30.3 Å². The Balaban J connectivity index is 2.45. The Bertz CT molecular complexity index is 283. The Morgan fingerprint density at radius 1 is 1.18 bits per heavy atom. The molecule has 1 aromatic carbocycles. The van der Waals surface area contributed by atoms with Crippen molar-refractivity contribution in [2.45, 2.75) is 0 Å². The van der Waals surface area contributed by atoms with E-state index < -0.39 is 0 Å². The first kappa shape index (κ1) is 6.49. The van der Waals surface area contributed by atoms with E-state index in [0.29, 0.717) is 0 Å². The van der Waals surface area contributed by atoms with Crippen molar-refractivity contribution in [1.82, 2.24) is 0 Å². The van der Waals surface area contributed by atoms with Crippen LogP contribution in [0, 0.1) is 0 Å². The highest BCUT2D eigenvalue weighted by atomic mass is 17.2. The number of rotatable bonds is 0. The van der Waals surface area contributed by atoms with Gasteiger partial charge in [-0.3, -0.25) is 4.81 Å². The van der Waals surface area contributed by atoms with Crippen molar-refractivity contribution in [3.63, 3.8) is 0 Å². The highest BCUT2D eigenvalue weighted by Crippen LogP contribution is 2.20. The van der Waals surface area contributed by atoms with Gasteiger partial charge in [0.2, 0.25) is 0 Å². The van der Waals surface area contributed by atoms with Gasteiger partial charge >= 0.3 is 7.48 Å². The molecule has 3 heteroatoms. The largest absolute Gasteiger partial charge is 0.391 e. The Labute approximate surface area is 65.6 Å². The first-order valence-electron chi connectivity index (χ1n) is 3.39. The first-order chi connectivity index (χ1) is 5.47. The zero-order valence-electron chi connectivity index (χ0n) is 5.86. The van der Waals surface area contributed by atoms with Crippen LogP contribution < -0.4 is 4.89 Å². The van der Waals surface area contributed by atoms with E-state index in [4.69, 9.17) is 9.69 Å². The molecule has 2 rings (SSSR count). The minimum absolute atomic E-state index is 0.748. The molecule has 0 aromatic heterocycles. The van der Waals surface area contributed by atoms with Crippen LogP contribution in [0.2, 0.25) is 0 Å². The molecule has 53 valence electrons. The van der Waals surface area contributed by atoms with Crippen LogP contribution in [-0.4, -0.2) is 7.48 Å². The second kappa shape index (κ2) is 2.80. The van der Waals surface area contributed by atoms with E-state index in [1.165, 1.54) is 7.48 Å². The molecule has 0 aliphatic carbocycles. The van der Waals surface area contributed by atoms with Crippen molar-refractivity contribution in [2.75, 3.05) is 0 Å². The van der Waals surface area contributed by atoms with Gasteiger partial charge in [0.1, 0.15) is 0 Å². The predicted molar refractivity (Wildman–Crippen MR) is 42.9 cm³/mol. The fraction of sp³-hybridized carbons (Fsp3) is 0. The Morgan fingerprint density at radius 3 is 3.09 bits per heavy atom. The summed E-state index contributed by atoms with van der Waals surface area (Å²) in [5, 5.41) is 0. The number of benzene rings is 1. The molecule has 11 heavy (non-hydrogen) atoms. The number of para-hydroxylation sites is 1. The van der Waals surface area contributed by atoms with Crippen LogP contribution in [0.5, 0.6) is 5.75 Å². The van der Waals surface area contributed by atoms with Crippen molar-refractivity contribution in [3.05, 3.63) is 35.8 Å². The molecular weight excluding hydrogens is 139 g/mol. The van der Waals surface area contributed by atoms with Crippen molar-refractivity contribution in [2.24, 2.45) is 0 Å². The zero-order valence-corrected chi connectivity index (χ0v) is 5.86. The molecule has 0 fully saturated rings. The molecule has 0 bridgehead atoms. The van der Waals surface area contributed by atoms with Gasteiger partial charge < -0.3 is 4.89 Å². The average Bonchev–Trinajstić information content (AvgIpc) is 2.28.